The number of allylic oxidation sites excluding steroid dienone is 1. The van der Waals surface area contributed by atoms with Crippen LogP contribution in [-0.2, 0) is 9.53 Å². The summed E-state index contributed by atoms with van der Waals surface area (Å²) in [6.45, 7) is 3.85. The van der Waals surface area contributed by atoms with Gasteiger partial charge in [-0.3, -0.25) is 0 Å². The van der Waals surface area contributed by atoms with Crippen molar-refractivity contribution in [2.75, 3.05) is 7.11 Å². The third-order valence-electron chi connectivity index (χ3n) is 2.27. The van der Waals surface area contributed by atoms with E-state index in [-0.39, 0.29) is 5.97 Å². The summed E-state index contributed by atoms with van der Waals surface area (Å²) in [6, 6.07) is 0. The molecule has 0 aliphatic heterocycles. The maximum Gasteiger partial charge on any atom is 0.333 e. The Labute approximate surface area is 67.2 Å². The zero-order valence-corrected chi connectivity index (χ0v) is 7.31. The van der Waals surface area contributed by atoms with Crippen molar-refractivity contribution in [1.82, 2.24) is 0 Å². The fourth-order valence-electron chi connectivity index (χ4n) is 1.14. The average Bonchev–Trinajstić information content (AvgIpc) is 2.82. The van der Waals surface area contributed by atoms with Crippen LogP contribution in [0, 0.1) is 5.92 Å². The van der Waals surface area contributed by atoms with Crippen LogP contribution in [0.4, 0.5) is 0 Å². The van der Waals surface area contributed by atoms with E-state index in [1.807, 2.05) is 13.8 Å². The Bertz CT molecular complexity index is 200. The summed E-state index contributed by atoms with van der Waals surface area (Å²) < 4.78 is 4.61. The molecule has 0 aromatic rings. The first-order valence-electron chi connectivity index (χ1n) is 3.92. The second kappa shape index (κ2) is 3.07. The molecule has 11 heavy (non-hydrogen) atoms. The van der Waals surface area contributed by atoms with Gasteiger partial charge in [-0.1, -0.05) is 5.57 Å². The van der Waals surface area contributed by atoms with E-state index in [2.05, 4.69) is 4.74 Å². The van der Waals surface area contributed by atoms with Gasteiger partial charge in [0.1, 0.15) is 0 Å². The van der Waals surface area contributed by atoms with Crippen molar-refractivity contribution < 1.29 is 9.53 Å². The molecule has 0 bridgehead atoms. The number of hydrogen-bond acceptors (Lipinski definition) is 2. The summed E-state index contributed by atoms with van der Waals surface area (Å²) in [4.78, 5) is 11.0. The molecule has 0 radical (unpaired) electrons. The van der Waals surface area contributed by atoms with Crippen molar-refractivity contribution in [2.24, 2.45) is 5.92 Å². The van der Waals surface area contributed by atoms with Crippen molar-refractivity contribution in [3.8, 4) is 0 Å². The van der Waals surface area contributed by atoms with Crippen molar-refractivity contribution in [1.29, 1.82) is 0 Å². The summed E-state index contributed by atoms with van der Waals surface area (Å²) in [6.07, 6.45) is 2.47. The van der Waals surface area contributed by atoms with Crippen molar-refractivity contribution in [2.45, 2.75) is 26.7 Å². The lowest BCUT2D eigenvalue weighted by molar-refractivity contribution is -0.136. The first kappa shape index (κ1) is 8.31. The van der Waals surface area contributed by atoms with Gasteiger partial charge in [-0.15, -0.1) is 0 Å². The molecule has 0 aromatic heterocycles. The Morgan fingerprint density at radius 1 is 1.36 bits per heavy atom. The van der Waals surface area contributed by atoms with E-state index >= 15 is 0 Å². The van der Waals surface area contributed by atoms with E-state index in [4.69, 9.17) is 0 Å². The van der Waals surface area contributed by atoms with Crippen LogP contribution in [0.5, 0.6) is 0 Å². The Balaban J connectivity index is 2.67. The summed E-state index contributed by atoms with van der Waals surface area (Å²) in [5, 5.41) is 0. The fourth-order valence-corrected chi connectivity index (χ4v) is 1.14. The maximum atomic E-state index is 11.0. The minimum Gasteiger partial charge on any atom is -0.466 e. The highest BCUT2D eigenvalue weighted by atomic mass is 16.5. The van der Waals surface area contributed by atoms with Crippen LogP contribution in [0.2, 0.25) is 0 Å². The lowest BCUT2D eigenvalue weighted by atomic mass is 10.1. The van der Waals surface area contributed by atoms with Gasteiger partial charge in [-0.05, 0) is 32.6 Å². The summed E-state index contributed by atoms with van der Waals surface area (Å²) in [5.41, 5.74) is 1.99. The zero-order valence-electron chi connectivity index (χ0n) is 7.31. The molecule has 1 rings (SSSR count). The molecule has 1 aliphatic carbocycles. The maximum absolute atomic E-state index is 11.0. The van der Waals surface area contributed by atoms with Crippen molar-refractivity contribution in [3.05, 3.63) is 11.1 Å². The molecule has 0 spiro atoms. The number of carbonyl (C=O) groups is 1. The monoisotopic (exact) mass is 154 g/mol. The molecule has 1 saturated carbocycles. The SMILES string of the molecule is COC(=O)C(C)=C(C)C1CC1. The van der Waals surface area contributed by atoms with Gasteiger partial charge in [0.25, 0.3) is 0 Å². The molecular formula is C9H14O2. The highest BCUT2D eigenvalue weighted by Crippen LogP contribution is 2.37. The van der Waals surface area contributed by atoms with Gasteiger partial charge in [0.05, 0.1) is 7.11 Å². The number of rotatable bonds is 2. The Kier molecular flexibility index (Phi) is 2.32. The van der Waals surface area contributed by atoms with Gasteiger partial charge in [-0.25, -0.2) is 4.79 Å². The average molecular weight is 154 g/mol. The van der Waals surface area contributed by atoms with Crippen LogP contribution in [-0.4, -0.2) is 13.1 Å². The van der Waals surface area contributed by atoms with Gasteiger partial charge < -0.3 is 4.74 Å². The topological polar surface area (TPSA) is 26.3 Å². The van der Waals surface area contributed by atoms with Crippen LogP contribution >= 0.6 is 0 Å². The third kappa shape index (κ3) is 1.82. The van der Waals surface area contributed by atoms with Crippen LogP contribution < -0.4 is 0 Å². The molecule has 0 unspecified atom stereocenters. The highest BCUT2D eigenvalue weighted by molar-refractivity contribution is 5.88. The van der Waals surface area contributed by atoms with Crippen LogP contribution in [0.25, 0.3) is 0 Å². The van der Waals surface area contributed by atoms with Crippen molar-refractivity contribution >= 4 is 5.97 Å². The molecule has 2 heteroatoms. The van der Waals surface area contributed by atoms with E-state index in [1.54, 1.807) is 0 Å². The second-order valence-electron chi connectivity index (χ2n) is 3.07. The first-order chi connectivity index (χ1) is 5.16. The predicted octanol–water partition coefficient (Wildman–Crippen LogP) is 1.91. The van der Waals surface area contributed by atoms with E-state index in [0.717, 1.165) is 5.57 Å². The number of methoxy groups -OCH3 is 1. The molecule has 1 fully saturated rings. The number of hydrogen-bond donors (Lipinski definition) is 0. The smallest absolute Gasteiger partial charge is 0.333 e. The fraction of sp³-hybridized carbons (Fsp3) is 0.667. The largest absolute Gasteiger partial charge is 0.466 e. The molecule has 0 heterocycles. The van der Waals surface area contributed by atoms with Gasteiger partial charge in [0.2, 0.25) is 0 Å². The molecule has 62 valence electrons. The molecular weight excluding hydrogens is 140 g/mol. The van der Waals surface area contributed by atoms with Gasteiger partial charge >= 0.3 is 5.97 Å². The quantitative estimate of drug-likeness (QED) is 0.448. The number of esters is 1. The first-order valence-corrected chi connectivity index (χ1v) is 3.92. The molecule has 1 aliphatic rings. The van der Waals surface area contributed by atoms with E-state index < -0.39 is 0 Å². The Morgan fingerprint density at radius 2 is 1.91 bits per heavy atom. The van der Waals surface area contributed by atoms with E-state index in [9.17, 15) is 4.79 Å². The minimum absolute atomic E-state index is 0.186. The Hall–Kier alpha value is -0.790. The highest BCUT2D eigenvalue weighted by Gasteiger charge is 2.26. The molecule has 0 aromatic carbocycles. The zero-order chi connectivity index (χ0) is 8.43. The third-order valence-corrected chi connectivity index (χ3v) is 2.27. The number of carbonyl (C=O) groups excluding carboxylic acids is 1. The minimum atomic E-state index is -0.186. The van der Waals surface area contributed by atoms with Crippen LogP contribution in [0.1, 0.15) is 26.7 Å². The van der Waals surface area contributed by atoms with Crippen molar-refractivity contribution in [3.63, 3.8) is 0 Å². The summed E-state index contributed by atoms with van der Waals surface area (Å²) >= 11 is 0. The van der Waals surface area contributed by atoms with E-state index in [0.29, 0.717) is 5.92 Å². The normalized spacial score (nSPS) is 19.2. The van der Waals surface area contributed by atoms with Gasteiger partial charge in [0, 0.05) is 5.57 Å². The molecule has 0 amide bonds. The second-order valence-corrected chi connectivity index (χ2v) is 3.07. The molecule has 0 atom stereocenters. The molecule has 0 N–H and O–H groups in total. The standard InChI is InChI=1S/C9H14O2/c1-6(8-4-5-8)7(2)9(10)11-3/h8H,4-5H2,1-3H3. The molecule has 2 nitrogen and oxygen atoms in total. The molecule has 0 saturated heterocycles. The predicted molar refractivity (Wildman–Crippen MR) is 43.1 cm³/mol. The van der Waals surface area contributed by atoms with Crippen LogP contribution in [0.15, 0.2) is 11.1 Å². The van der Waals surface area contributed by atoms with Gasteiger partial charge in [0.15, 0.2) is 0 Å². The summed E-state index contributed by atoms with van der Waals surface area (Å²) in [5.74, 6) is 0.475. The van der Waals surface area contributed by atoms with E-state index in [1.165, 1.54) is 25.5 Å². The Morgan fingerprint density at radius 3 is 2.27 bits per heavy atom. The summed E-state index contributed by atoms with van der Waals surface area (Å²) in [7, 11) is 1.42. The lowest BCUT2D eigenvalue weighted by Crippen LogP contribution is -2.04. The number of ether oxygens (including phenoxy) is 1. The van der Waals surface area contributed by atoms with Gasteiger partial charge in [-0.2, -0.15) is 0 Å². The lowest BCUT2D eigenvalue weighted by Gasteiger charge is -2.03. The van der Waals surface area contributed by atoms with Crippen LogP contribution in [0.3, 0.4) is 0 Å².